The van der Waals surface area contributed by atoms with Crippen molar-refractivity contribution in [1.29, 1.82) is 0 Å². The van der Waals surface area contributed by atoms with E-state index in [-0.39, 0.29) is 6.61 Å². The maximum atomic E-state index is 12.1. The molecule has 0 aromatic heterocycles. The first-order valence-corrected chi connectivity index (χ1v) is 8.48. The van der Waals surface area contributed by atoms with Crippen molar-refractivity contribution >= 4 is 16.1 Å². The Hall–Kier alpha value is -1.17. The standard InChI is InChI=1S/C15H21NO3S/c17-13-15(10-5-2-6-11-15)16-20(18,19)12-9-14-7-3-1-4-8-14/h1,3-4,7-9,12,16-17H,2,5-6,10-11,13H2. The topological polar surface area (TPSA) is 66.4 Å². The fourth-order valence-electron chi connectivity index (χ4n) is 2.59. The van der Waals surface area contributed by atoms with Gasteiger partial charge in [0.15, 0.2) is 0 Å². The van der Waals surface area contributed by atoms with Crippen molar-refractivity contribution in [2.75, 3.05) is 6.61 Å². The van der Waals surface area contributed by atoms with Gasteiger partial charge >= 0.3 is 0 Å². The third-order valence-electron chi connectivity index (χ3n) is 3.71. The van der Waals surface area contributed by atoms with Crippen LogP contribution in [0.25, 0.3) is 6.08 Å². The van der Waals surface area contributed by atoms with Gasteiger partial charge in [-0.05, 0) is 24.5 Å². The lowest BCUT2D eigenvalue weighted by molar-refractivity contribution is 0.142. The fourth-order valence-corrected chi connectivity index (χ4v) is 3.87. The SMILES string of the molecule is O=S(=O)(C=Cc1ccccc1)NC1(CO)CCCCC1. The average Bonchev–Trinajstić information content (AvgIpc) is 2.47. The predicted molar refractivity (Wildman–Crippen MR) is 80.4 cm³/mol. The minimum absolute atomic E-state index is 0.147. The van der Waals surface area contributed by atoms with Crippen LogP contribution < -0.4 is 4.72 Å². The number of hydrogen-bond donors (Lipinski definition) is 2. The van der Waals surface area contributed by atoms with Gasteiger partial charge in [0.1, 0.15) is 0 Å². The minimum Gasteiger partial charge on any atom is -0.394 e. The summed E-state index contributed by atoms with van der Waals surface area (Å²) in [6, 6.07) is 9.28. The van der Waals surface area contributed by atoms with Crippen LogP contribution in [0.3, 0.4) is 0 Å². The molecule has 0 atom stereocenters. The van der Waals surface area contributed by atoms with E-state index in [1.54, 1.807) is 6.08 Å². The molecule has 1 aromatic rings. The van der Waals surface area contributed by atoms with Gasteiger partial charge in [-0.1, -0.05) is 49.6 Å². The number of aliphatic hydroxyl groups is 1. The van der Waals surface area contributed by atoms with E-state index in [0.29, 0.717) is 12.8 Å². The number of benzene rings is 1. The van der Waals surface area contributed by atoms with Crippen LogP contribution in [0, 0.1) is 0 Å². The van der Waals surface area contributed by atoms with Crippen molar-refractivity contribution in [3.8, 4) is 0 Å². The van der Waals surface area contributed by atoms with Crippen molar-refractivity contribution in [1.82, 2.24) is 4.72 Å². The number of rotatable bonds is 5. The zero-order valence-electron chi connectivity index (χ0n) is 11.5. The molecule has 5 heteroatoms. The molecule has 1 aromatic carbocycles. The van der Waals surface area contributed by atoms with Crippen LogP contribution in [0.1, 0.15) is 37.7 Å². The van der Waals surface area contributed by atoms with Crippen molar-refractivity contribution in [2.45, 2.75) is 37.6 Å². The Kier molecular flexibility index (Phi) is 4.96. The highest BCUT2D eigenvalue weighted by Gasteiger charge is 2.34. The maximum Gasteiger partial charge on any atom is 0.234 e. The predicted octanol–water partition coefficient (Wildman–Crippen LogP) is 2.27. The third-order valence-corrected chi connectivity index (χ3v) is 4.92. The molecule has 110 valence electrons. The third kappa shape index (κ3) is 4.16. The van der Waals surface area contributed by atoms with Crippen molar-refractivity contribution in [2.24, 2.45) is 0 Å². The first-order valence-electron chi connectivity index (χ1n) is 6.93. The molecule has 2 rings (SSSR count). The fraction of sp³-hybridized carbons (Fsp3) is 0.467. The lowest BCUT2D eigenvalue weighted by Crippen LogP contribution is -2.51. The van der Waals surface area contributed by atoms with Crippen LogP contribution >= 0.6 is 0 Å². The van der Waals surface area contributed by atoms with E-state index in [1.807, 2.05) is 30.3 Å². The molecule has 0 radical (unpaired) electrons. The summed E-state index contributed by atoms with van der Waals surface area (Å²) in [6.07, 6.45) is 5.96. The summed E-state index contributed by atoms with van der Waals surface area (Å²) in [4.78, 5) is 0. The van der Waals surface area contributed by atoms with Gasteiger partial charge in [0.05, 0.1) is 12.1 Å². The second-order valence-corrected chi connectivity index (χ2v) is 6.93. The highest BCUT2D eigenvalue weighted by Crippen LogP contribution is 2.28. The van der Waals surface area contributed by atoms with Crippen molar-refractivity contribution in [3.63, 3.8) is 0 Å². The van der Waals surface area contributed by atoms with Crippen molar-refractivity contribution < 1.29 is 13.5 Å². The lowest BCUT2D eigenvalue weighted by Gasteiger charge is -2.35. The van der Waals surface area contributed by atoms with E-state index in [4.69, 9.17) is 0 Å². The summed E-state index contributed by atoms with van der Waals surface area (Å²) in [5.74, 6) is 0. The Morgan fingerprint density at radius 3 is 2.40 bits per heavy atom. The summed E-state index contributed by atoms with van der Waals surface area (Å²) >= 11 is 0. The number of sulfonamides is 1. The first-order chi connectivity index (χ1) is 9.55. The van der Waals surface area contributed by atoms with Crippen LogP contribution in [-0.4, -0.2) is 25.7 Å². The van der Waals surface area contributed by atoms with Gasteiger partial charge in [0.2, 0.25) is 10.0 Å². The molecule has 1 fully saturated rings. The molecule has 0 spiro atoms. The first kappa shape index (κ1) is 15.2. The largest absolute Gasteiger partial charge is 0.394 e. The molecule has 1 aliphatic carbocycles. The maximum absolute atomic E-state index is 12.1. The summed E-state index contributed by atoms with van der Waals surface area (Å²) in [7, 11) is -3.54. The Morgan fingerprint density at radius 1 is 1.15 bits per heavy atom. The van der Waals surface area contributed by atoms with Crippen LogP contribution in [0.5, 0.6) is 0 Å². The monoisotopic (exact) mass is 295 g/mol. The van der Waals surface area contributed by atoms with Crippen molar-refractivity contribution in [3.05, 3.63) is 41.3 Å². The summed E-state index contributed by atoms with van der Waals surface area (Å²) in [6.45, 7) is -0.147. The Morgan fingerprint density at radius 2 is 1.80 bits per heavy atom. The van der Waals surface area contributed by atoms with Gasteiger partial charge in [0.25, 0.3) is 0 Å². The molecule has 0 heterocycles. The second kappa shape index (κ2) is 6.52. The molecule has 0 unspecified atom stereocenters. The van der Waals surface area contributed by atoms with Crippen LogP contribution in [0.15, 0.2) is 35.7 Å². The Balaban J connectivity index is 2.08. The minimum atomic E-state index is -3.54. The molecule has 0 amide bonds. The Labute approximate surface area is 120 Å². The van der Waals surface area contributed by atoms with E-state index in [9.17, 15) is 13.5 Å². The molecular formula is C15H21NO3S. The highest BCUT2D eigenvalue weighted by atomic mass is 32.2. The molecule has 0 saturated heterocycles. The molecular weight excluding hydrogens is 274 g/mol. The molecule has 20 heavy (non-hydrogen) atoms. The zero-order chi connectivity index (χ0) is 14.5. The molecule has 2 N–H and O–H groups in total. The summed E-state index contributed by atoms with van der Waals surface area (Å²) in [5.41, 5.74) is 0.151. The average molecular weight is 295 g/mol. The van der Waals surface area contributed by atoms with E-state index < -0.39 is 15.6 Å². The highest BCUT2D eigenvalue weighted by molar-refractivity contribution is 7.92. The van der Waals surface area contributed by atoms with Crippen LogP contribution in [-0.2, 0) is 10.0 Å². The van der Waals surface area contributed by atoms with Crippen LogP contribution in [0.2, 0.25) is 0 Å². The number of aliphatic hydroxyl groups excluding tert-OH is 1. The van der Waals surface area contributed by atoms with Gasteiger partial charge in [-0.25, -0.2) is 13.1 Å². The number of hydrogen-bond acceptors (Lipinski definition) is 3. The van der Waals surface area contributed by atoms with E-state index in [2.05, 4.69) is 4.72 Å². The molecule has 1 saturated carbocycles. The van der Waals surface area contributed by atoms with E-state index in [1.165, 1.54) is 5.41 Å². The van der Waals surface area contributed by atoms with Crippen LogP contribution in [0.4, 0.5) is 0 Å². The normalized spacial score (nSPS) is 19.2. The number of nitrogens with one attached hydrogen (secondary N) is 1. The second-order valence-electron chi connectivity index (χ2n) is 5.36. The summed E-state index contributed by atoms with van der Waals surface area (Å²) < 4.78 is 26.9. The van der Waals surface area contributed by atoms with E-state index in [0.717, 1.165) is 24.8 Å². The molecule has 4 nitrogen and oxygen atoms in total. The molecule has 1 aliphatic rings. The zero-order valence-corrected chi connectivity index (χ0v) is 12.3. The van der Waals surface area contributed by atoms with Gasteiger partial charge in [0, 0.05) is 5.41 Å². The summed E-state index contributed by atoms with van der Waals surface area (Å²) in [5, 5.41) is 10.7. The molecule has 0 bridgehead atoms. The van der Waals surface area contributed by atoms with Gasteiger partial charge < -0.3 is 5.11 Å². The quantitative estimate of drug-likeness (QED) is 0.875. The molecule has 0 aliphatic heterocycles. The Bertz CT molecular complexity index is 546. The smallest absolute Gasteiger partial charge is 0.234 e. The van der Waals surface area contributed by atoms with Gasteiger partial charge in [-0.3, -0.25) is 0 Å². The van der Waals surface area contributed by atoms with E-state index >= 15 is 0 Å². The van der Waals surface area contributed by atoms with Gasteiger partial charge in [-0.2, -0.15) is 0 Å². The lowest BCUT2D eigenvalue weighted by atomic mass is 9.83. The van der Waals surface area contributed by atoms with Gasteiger partial charge in [-0.15, -0.1) is 0 Å².